The highest BCUT2D eigenvalue weighted by Crippen LogP contribution is 2.06. The van der Waals surface area contributed by atoms with E-state index in [1.807, 2.05) is 0 Å². The first-order valence-corrected chi connectivity index (χ1v) is 3.44. The molecule has 0 aliphatic rings. The van der Waals surface area contributed by atoms with Gasteiger partial charge in [0.15, 0.2) is 5.82 Å². The van der Waals surface area contributed by atoms with Gasteiger partial charge >= 0.3 is 0 Å². The molecule has 1 aromatic heterocycles. The van der Waals surface area contributed by atoms with E-state index in [4.69, 9.17) is 4.52 Å². The lowest BCUT2D eigenvalue weighted by Crippen LogP contribution is -2.17. The maximum atomic E-state index is 10.9. The maximum absolute atomic E-state index is 10.9. The fourth-order valence-electron chi connectivity index (χ4n) is 0.735. The summed E-state index contributed by atoms with van der Waals surface area (Å²) in [7, 11) is 1.45. The van der Waals surface area contributed by atoms with E-state index in [1.54, 1.807) is 13.0 Å². The van der Waals surface area contributed by atoms with Gasteiger partial charge in [-0.15, -0.1) is 0 Å². The number of amides is 1. The molecule has 0 aliphatic heterocycles. The number of ether oxygens (including phenoxy) is 1. The SMILES string of the molecule is COCC(=O)Nc1cc(C)on1. The number of nitrogens with one attached hydrogen (secondary N) is 1. The summed E-state index contributed by atoms with van der Waals surface area (Å²) < 4.78 is 9.35. The largest absolute Gasteiger partial charge is 0.375 e. The molecule has 0 spiro atoms. The molecule has 1 heterocycles. The van der Waals surface area contributed by atoms with Crippen LogP contribution >= 0.6 is 0 Å². The van der Waals surface area contributed by atoms with Gasteiger partial charge in [-0.2, -0.15) is 0 Å². The van der Waals surface area contributed by atoms with Crippen LogP contribution < -0.4 is 5.32 Å². The number of aromatic nitrogens is 1. The molecule has 0 aromatic carbocycles. The minimum atomic E-state index is -0.245. The van der Waals surface area contributed by atoms with Crippen molar-refractivity contribution < 1.29 is 14.1 Å². The summed E-state index contributed by atoms with van der Waals surface area (Å²) in [5.41, 5.74) is 0. The second-order valence-corrected chi connectivity index (χ2v) is 2.30. The summed E-state index contributed by atoms with van der Waals surface area (Å²) in [5.74, 6) is 0.822. The third-order valence-corrected chi connectivity index (χ3v) is 1.17. The van der Waals surface area contributed by atoms with Crippen LogP contribution in [0.25, 0.3) is 0 Å². The molecule has 1 amide bonds. The van der Waals surface area contributed by atoms with E-state index < -0.39 is 0 Å². The number of hydrogen-bond acceptors (Lipinski definition) is 4. The van der Waals surface area contributed by atoms with Crippen molar-refractivity contribution in [3.05, 3.63) is 11.8 Å². The molecule has 66 valence electrons. The molecule has 1 rings (SSSR count). The molecule has 0 unspecified atom stereocenters. The quantitative estimate of drug-likeness (QED) is 0.720. The second kappa shape index (κ2) is 3.87. The van der Waals surface area contributed by atoms with Gasteiger partial charge in [-0.3, -0.25) is 4.79 Å². The fourth-order valence-corrected chi connectivity index (χ4v) is 0.735. The number of rotatable bonds is 3. The Labute approximate surface area is 69.7 Å². The Balaban J connectivity index is 2.46. The van der Waals surface area contributed by atoms with E-state index in [1.165, 1.54) is 7.11 Å². The third kappa shape index (κ3) is 2.35. The average Bonchev–Trinajstić information content (AvgIpc) is 2.36. The van der Waals surface area contributed by atoms with Crippen LogP contribution in [0.3, 0.4) is 0 Å². The predicted octanol–water partition coefficient (Wildman–Crippen LogP) is 0.568. The van der Waals surface area contributed by atoms with E-state index in [0.29, 0.717) is 11.6 Å². The summed E-state index contributed by atoms with van der Waals surface area (Å²) in [6.45, 7) is 1.77. The molecular formula is C7H10N2O3. The number of nitrogens with zero attached hydrogens (tertiary/aromatic N) is 1. The highest BCUT2D eigenvalue weighted by atomic mass is 16.5. The second-order valence-electron chi connectivity index (χ2n) is 2.30. The Morgan fingerprint density at radius 1 is 1.83 bits per heavy atom. The Hall–Kier alpha value is -1.36. The maximum Gasteiger partial charge on any atom is 0.251 e. The highest BCUT2D eigenvalue weighted by molar-refractivity contribution is 5.90. The van der Waals surface area contributed by atoms with Crippen molar-refractivity contribution in [3.8, 4) is 0 Å². The summed E-state index contributed by atoms with van der Waals surface area (Å²) in [5, 5.41) is 6.07. The molecule has 1 N–H and O–H groups in total. The lowest BCUT2D eigenvalue weighted by molar-refractivity contribution is -0.119. The van der Waals surface area contributed by atoms with Crippen LogP contribution in [0.5, 0.6) is 0 Å². The third-order valence-electron chi connectivity index (χ3n) is 1.17. The van der Waals surface area contributed by atoms with Gasteiger partial charge in [-0.1, -0.05) is 5.16 Å². The molecule has 0 atom stereocenters. The van der Waals surface area contributed by atoms with Crippen LogP contribution in [-0.2, 0) is 9.53 Å². The van der Waals surface area contributed by atoms with Crippen molar-refractivity contribution in [2.45, 2.75) is 6.92 Å². The zero-order chi connectivity index (χ0) is 8.97. The predicted molar refractivity (Wildman–Crippen MR) is 41.7 cm³/mol. The van der Waals surface area contributed by atoms with E-state index in [0.717, 1.165) is 0 Å². The van der Waals surface area contributed by atoms with Crippen molar-refractivity contribution in [1.29, 1.82) is 0 Å². The van der Waals surface area contributed by atoms with Crippen LogP contribution in [0.15, 0.2) is 10.6 Å². The van der Waals surface area contributed by atoms with Crippen LogP contribution in [-0.4, -0.2) is 24.8 Å². The number of methoxy groups -OCH3 is 1. The van der Waals surface area contributed by atoms with Gasteiger partial charge in [0.2, 0.25) is 0 Å². The van der Waals surface area contributed by atoms with Crippen LogP contribution in [0.2, 0.25) is 0 Å². The van der Waals surface area contributed by atoms with Crippen LogP contribution in [0, 0.1) is 6.92 Å². The molecule has 0 fully saturated rings. The first kappa shape index (κ1) is 8.73. The fraction of sp³-hybridized carbons (Fsp3) is 0.429. The standard InChI is InChI=1S/C7H10N2O3/c1-5-3-6(9-12-5)8-7(10)4-11-2/h3H,4H2,1-2H3,(H,8,9,10). The number of carbonyl (C=O) groups excluding carboxylic acids is 1. The zero-order valence-electron chi connectivity index (χ0n) is 6.96. The minimum absolute atomic E-state index is 0.0197. The Bertz CT molecular complexity index is 269. The van der Waals surface area contributed by atoms with Crippen molar-refractivity contribution in [2.24, 2.45) is 0 Å². The van der Waals surface area contributed by atoms with Gasteiger partial charge in [-0.05, 0) is 6.92 Å². The van der Waals surface area contributed by atoms with Gasteiger partial charge in [-0.25, -0.2) is 0 Å². The van der Waals surface area contributed by atoms with Gasteiger partial charge in [0.25, 0.3) is 5.91 Å². The highest BCUT2D eigenvalue weighted by Gasteiger charge is 2.04. The number of hydrogen-bond donors (Lipinski definition) is 1. The normalized spacial score (nSPS) is 9.83. The first-order chi connectivity index (χ1) is 5.72. The summed E-state index contributed by atoms with van der Waals surface area (Å²) in [6, 6.07) is 1.63. The summed E-state index contributed by atoms with van der Waals surface area (Å²) >= 11 is 0. The first-order valence-electron chi connectivity index (χ1n) is 3.44. The van der Waals surface area contributed by atoms with Gasteiger partial charge < -0.3 is 14.6 Å². The summed E-state index contributed by atoms with van der Waals surface area (Å²) in [4.78, 5) is 10.9. The molecule has 0 saturated heterocycles. The summed E-state index contributed by atoms with van der Waals surface area (Å²) in [6.07, 6.45) is 0. The topological polar surface area (TPSA) is 64.4 Å². The molecule has 5 nitrogen and oxygen atoms in total. The van der Waals surface area contributed by atoms with Crippen molar-refractivity contribution in [3.63, 3.8) is 0 Å². The van der Waals surface area contributed by atoms with Crippen molar-refractivity contribution >= 4 is 11.7 Å². The lowest BCUT2D eigenvalue weighted by atomic mass is 10.5. The Morgan fingerprint density at radius 2 is 2.58 bits per heavy atom. The molecule has 1 aromatic rings. The number of anilines is 1. The molecular weight excluding hydrogens is 160 g/mol. The minimum Gasteiger partial charge on any atom is -0.375 e. The lowest BCUT2D eigenvalue weighted by Gasteiger charge is -1.97. The molecule has 12 heavy (non-hydrogen) atoms. The zero-order valence-corrected chi connectivity index (χ0v) is 6.96. The molecule has 0 radical (unpaired) electrons. The van der Waals surface area contributed by atoms with Gasteiger partial charge in [0.05, 0.1) is 0 Å². The van der Waals surface area contributed by atoms with Crippen LogP contribution in [0.4, 0.5) is 5.82 Å². The van der Waals surface area contributed by atoms with Crippen molar-refractivity contribution in [1.82, 2.24) is 5.16 Å². The Morgan fingerprint density at radius 3 is 3.08 bits per heavy atom. The van der Waals surface area contributed by atoms with Crippen molar-refractivity contribution in [2.75, 3.05) is 19.0 Å². The smallest absolute Gasteiger partial charge is 0.251 e. The molecule has 5 heteroatoms. The number of aryl methyl sites for hydroxylation is 1. The van der Waals surface area contributed by atoms with Gasteiger partial charge in [0, 0.05) is 13.2 Å². The van der Waals surface area contributed by atoms with Crippen LogP contribution in [0.1, 0.15) is 5.76 Å². The number of carbonyl (C=O) groups is 1. The molecule has 0 saturated carbocycles. The molecule has 0 aliphatic carbocycles. The van der Waals surface area contributed by atoms with E-state index >= 15 is 0 Å². The Kier molecular flexibility index (Phi) is 2.82. The van der Waals surface area contributed by atoms with E-state index in [2.05, 4.69) is 15.2 Å². The average molecular weight is 170 g/mol. The van der Waals surface area contributed by atoms with E-state index in [9.17, 15) is 4.79 Å². The molecule has 0 bridgehead atoms. The monoisotopic (exact) mass is 170 g/mol. The van der Waals surface area contributed by atoms with E-state index in [-0.39, 0.29) is 12.5 Å². The van der Waals surface area contributed by atoms with Gasteiger partial charge in [0.1, 0.15) is 12.4 Å².